The zero-order valence-corrected chi connectivity index (χ0v) is 19.1. The first-order chi connectivity index (χ1) is 16.2. The maximum atomic E-state index is 14.4. The van der Waals surface area contributed by atoms with Gasteiger partial charge in [0.1, 0.15) is 5.82 Å². The largest absolute Gasteiger partial charge is 0.366 e. The monoisotopic (exact) mass is 500 g/mol. The van der Waals surface area contributed by atoms with Gasteiger partial charge in [-0.1, -0.05) is 35.3 Å². The van der Waals surface area contributed by atoms with Gasteiger partial charge in [0.05, 0.1) is 34.4 Å². The van der Waals surface area contributed by atoms with Crippen LogP contribution in [0.1, 0.15) is 20.7 Å². The third-order valence-electron chi connectivity index (χ3n) is 5.18. The SMILES string of the molecule is CN(C(=O)c1c(F)cccc1Cl)c1ccc(-c2cc(C(N)=O)ccc2Cl)cc1-n1cc(F)cn1. The highest BCUT2D eigenvalue weighted by molar-refractivity contribution is 6.34. The number of carbonyl (C=O) groups excluding carboxylic acids is 2. The molecule has 172 valence electrons. The van der Waals surface area contributed by atoms with Gasteiger partial charge in [0.15, 0.2) is 5.82 Å². The Balaban J connectivity index is 1.87. The molecule has 0 atom stereocenters. The molecule has 34 heavy (non-hydrogen) atoms. The number of nitrogens with two attached hydrogens (primary N) is 1. The summed E-state index contributed by atoms with van der Waals surface area (Å²) in [5.74, 6) is -2.71. The first-order valence-electron chi connectivity index (χ1n) is 9.83. The van der Waals surface area contributed by atoms with E-state index in [4.69, 9.17) is 28.9 Å². The minimum atomic E-state index is -0.775. The Morgan fingerprint density at radius 3 is 2.44 bits per heavy atom. The van der Waals surface area contributed by atoms with E-state index in [1.165, 1.54) is 47.0 Å². The molecule has 10 heteroatoms. The van der Waals surface area contributed by atoms with Gasteiger partial charge < -0.3 is 10.6 Å². The van der Waals surface area contributed by atoms with E-state index in [1.807, 2.05) is 0 Å². The van der Waals surface area contributed by atoms with E-state index in [9.17, 15) is 18.4 Å². The maximum Gasteiger partial charge on any atom is 0.262 e. The molecule has 6 nitrogen and oxygen atoms in total. The molecule has 1 heterocycles. The molecule has 4 rings (SSSR count). The molecular weight excluding hydrogens is 485 g/mol. The molecule has 0 saturated carbocycles. The second-order valence-corrected chi connectivity index (χ2v) is 8.14. The fourth-order valence-corrected chi connectivity index (χ4v) is 3.94. The van der Waals surface area contributed by atoms with Crippen molar-refractivity contribution < 1.29 is 18.4 Å². The molecule has 0 fully saturated rings. The zero-order valence-electron chi connectivity index (χ0n) is 17.6. The quantitative estimate of drug-likeness (QED) is 0.392. The van der Waals surface area contributed by atoms with Gasteiger partial charge >= 0.3 is 0 Å². The number of halogens is 4. The van der Waals surface area contributed by atoms with Crippen LogP contribution in [0.3, 0.4) is 0 Å². The minimum Gasteiger partial charge on any atom is -0.366 e. The number of aromatic nitrogens is 2. The summed E-state index contributed by atoms with van der Waals surface area (Å²) in [7, 11) is 1.43. The van der Waals surface area contributed by atoms with E-state index in [2.05, 4.69) is 5.10 Å². The number of anilines is 1. The molecule has 0 bridgehead atoms. The summed E-state index contributed by atoms with van der Waals surface area (Å²) in [6.07, 6.45) is 2.13. The van der Waals surface area contributed by atoms with Crippen molar-refractivity contribution in [3.05, 3.63) is 99.8 Å². The molecule has 0 aliphatic rings. The predicted octanol–water partition coefficient (Wildman–Crippen LogP) is 5.50. The van der Waals surface area contributed by atoms with Gasteiger partial charge in [-0.3, -0.25) is 9.59 Å². The Kier molecular flexibility index (Phi) is 6.37. The fraction of sp³-hybridized carbons (Fsp3) is 0.0417. The lowest BCUT2D eigenvalue weighted by molar-refractivity contribution is 0.0985. The third kappa shape index (κ3) is 4.37. The molecule has 0 unspecified atom stereocenters. The van der Waals surface area contributed by atoms with Crippen LogP contribution in [0.4, 0.5) is 14.5 Å². The third-order valence-corrected chi connectivity index (χ3v) is 5.82. The van der Waals surface area contributed by atoms with Crippen molar-refractivity contribution >= 4 is 40.7 Å². The Hall–Kier alpha value is -3.75. The predicted molar refractivity (Wildman–Crippen MR) is 127 cm³/mol. The van der Waals surface area contributed by atoms with Crippen LogP contribution in [0, 0.1) is 11.6 Å². The molecule has 4 aromatic rings. The highest BCUT2D eigenvalue weighted by atomic mass is 35.5. The molecule has 2 N–H and O–H groups in total. The van der Waals surface area contributed by atoms with Gasteiger partial charge in [-0.15, -0.1) is 0 Å². The lowest BCUT2D eigenvalue weighted by Crippen LogP contribution is -2.28. The van der Waals surface area contributed by atoms with Crippen LogP contribution in [-0.4, -0.2) is 28.6 Å². The number of benzene rings is 3. The Bertz CT molecular complexity index is 1420. The molecule has 0 radical (unpaired) electrons. The number of hydrogen-bond acceptors (Lipinski definition) is 3. The van der Waals surface area contributed by atoms with Gasteiger partial charge in [-0.2, -0.15) is 5.10 Å². The van der Waals surface area contributed by atoms with Crippen molar-refractivity contribution in [3.8, 4) is 16.8 Å². The summed E-state index contributed by atoms with van der Waals surface area (Å²) < 4.78 is 29.4. The van der Waals surface area contributed by atoms with E-state index in [0.717, 1.165) is 18.5 Å². The smallest absolute Gasteiger partial charge is 0.262 e. The van der Waals surface area contributed by atoms with Crippen LogP contribution in [0.2, 0.25) is 10.0 Å². The number of amides is 2. The van der Waals surface area contributed by atoms with Crippen LogP contribution in [-0.2, 0) is 0 Å². The zero-order chi connectivity index (χ0) is 24.6. The molecule has 0 aliphatic carbocycles. The van der Waals surface area contributed by atoms with E-state index in [1.54, 1.807) is 18.2 Å². The van der Waals surface area contributed by atoms with Gasteiger partial charge in [0, 0.05) is 23.2 Å². The molecule has 0 aliphatic heterocycles. The number of hydrogen-bond donors (Lipinski definition) is 1. The second kappa shape index (κ2) is 9.24. The van der Waals surface area contributed by atoms with E-state index in [0.29, 0.717) is 27.5 Å². The van der Waals surface area contributed by atoms with Crippen molar-refractivity contribution in [1.82, 2.24) is 9.78 Å². The number of primary amides is 1. The van der Waals surface area contributed by atoms with Crippen molar-refractivity contribution in [2.24, 2.45) is 5.73 Å². The molecule has 0 saturated heterocycles. The van der Waals surface area contributed by atoms with E-state index in [-0.39, 0.29) is 16.1 Å². The topological polar surface area (TPSA) is 81.2 Å². The van der Waals surface area contributed by atoms with Crippen LogP contribution in [0.5, 0.6) is 0 Å². The molecular formula is C24H16Cl2F2N4O2. The van der Waals surface area contributed by atoms with Gasteiger partial charge in [-0.25, -0.2) is 13.5 Å². The molecule has 0 spiro atoms. The summed E-state index contributed by atoms with van der Waals surface area (Å²) in [5.41, 5.74) is 6.96. The standard InChI is InChI=1S/C24H16Cl2F2N4O2/c1-31(24(34)22-18(26)3-2-4-19(22)28)20-8-6-13(10-21(20)32-12-15(27)11-30-32)16-9-14(23(29)33)5-7-17(16)25/h2-12H,1H3,(H2,29,33). The number of nitrogens with zero attached hydrogens (tertiary/aromatic N) is 3. The average molecular weight is 501 g/mol. The summed E-state index contributed by atoms with van der Waals surface area (Å²) in [4.78, 5) is 25.9. The van der Waals surface area contributed by atoms with Gasteiger partial charge in [-0.05, 0) is 48.0 Å². The highest BCUT2D eigenvalue weighted by Crippen LogP contribution is 2.35. The molecule has 2 amide bonds. The molecule has 1 aromatic heterocycles. The Labute approximate surface area is 203 Å². The van der Waals surface area contributed by atoms with Crippen molar-refractivity contribution in [1.29, 1.82) is 0 Å². The first kappa shape index (κ1) is 23.4. The number of rotatable bonds is 5. The Morgan fingerprint density at radius 2 is 1.79 bits per heavy atom. The van der Waals surface area contributed by atoms with Crippen molar-refractivity contribution in [3.63, 3.8) is 0 Å². The van der Waals surface area contributed by atoms with Crippen molar-refractivity contribution in [2.75, 3.05) is 11.9 Å². The minimum absolute atomic E-state index is 0.0461. The summed E-state index contributed by atoms with van der Waals surface area (Å²) >= 11 is 12.4. The fourth-order valence-electron chi connectivity index (χ4n) is 3.47. The lowest BCUT2D eigenvalue weighted by atomic mass is 10.0. The summed E-state index contributed by atoms with van der Waals surface area (Å²) in [6.45, 7) is 0. The first-order valence-corrected chi connectivity index (χ1v) is 10.6. The highest BCUT2D eigenvalue weighted by Gasteiger charge is 2.24. The van der Waals surface area contributed by atoms with Crippen LogP contribution in [0.15, 0.2) is 67.0 Å². The van der Waals surface area contributed by atoms with Crippen molar-refractivity contribution in [2.45, 2.75) is 0 Å². The molecule has 3 aromatic carbocycles. The van der Waals surface area contributed by atoms with E-state index < -0.39 is 23.4 Å². The van der Waals surface area contributed by atoms with E-state index >= 15 is 0 Å². The summed E-state index contributed by atoms with van der Waals surface area (Å²) in [6, 6.07) is 13.3. The summed E-state index contributed by atoms with van der Waals surface area (Å²) in [5, 5.41) is 4.29. The van der Waals surface area contributed by atoms with Crippen LogP contribution >= 0.6 is 23.2 Å². The number of carbonyl (C=O) groups is 2. The van der Waals surface area contributed by atoms with Gasteiger partial charge in [0.2, 0.25) is 5.91 Å². The van der Waals surface area contributed by atoms with Gasteiger partial charge in [0.25, 0.3) is 5.91 Å². The Morgan fingerprint density at radius 1 is 1.03 bits per heavy atom. The maximum absolute atomic E-state index is 14.4. The average Bonchev–Trinajstić information content (AvgIpc) is 3.24. The lowest BCUT2D eigenvalue weighted by Gasteiger charge is -2.22. The normalized spacial score (nSPS) is 10.9. The van der Waals surface area contributed by atoms with Crippen LogP contribution in [0.25, 0.3) is 16.8 Å². The second-order valence-electron chi connectivity index (χ2n) is 7.33. The van der Waals surface area contributed by atoms with Crippen LogP contribution < -0.4 is 10.6 Å².